The summed E-state index contributed by atoms with van der Waals surface area (Å²) in [5.74, 6) is 0.0523. The maximum absolute atomic E-state index is 11.3. The third kappa shape index (κ3) is 11.6. The van der Waals surface area contributed by atoms with Crippen LogP contribution in [0.5, 0.6) is 0 Å². The minimum absolute atomic E-state index is 0.0283. The van der Waals surface area contributed by atoms with Crippen LogP contribution in [0.3, 0.4) is 0 Å². The molecule has 1 heterocycles. The van der Waals surface area contributed by atoms with Crippen molar-refractivity contribution in [3.8, 4) is 0 Å². The van der Waals surface area contributed by atoms with Gasteiger partial charge in [-0.15, -0.1) is 0 Å². The Balaban J connectivity index is 1.99. The minimum Gasteiger partial charge on any atom is -0.477 e. The number of quaternary nitrogens is 1. The molecule has 0 aromatic heterocycles. The molecule has 0 spiro atoms. The van der Waals surface area contributed by atoms with E-state index in [9.17, 15) is 9.90 Å². The molecule has 3 N–H and O–H groups in total. The molecular weight excluding hydrogens is 386 g/mol. The number of nitrogens with zero attached hydrogens (tertiary/aromatic N) is 2. The molecule has 5 nitrogen and oxygen atoms in total. The van der Waals surface area contributed by atoms with Gasteiger partial charge in [-0.25, -0.2) is 14.3 Å². The Morgan fingerprint density at radius 2 is 1.48 bits per heavy atom. The summed E-state index contributed by atoms with van der Waals surface area (Å²) >= 11 is 0. The fourth-order valence-corrected chi connectivity index (χ4v) is 4.29. The molecule has 0 aromatic rings. The number of allylic oxidation sites excluding steroid dienone is 2. The summed E-state index contributed by atoms with van der Waals surface area (Å²) in [7, 11) is 0. The first kappa shape index (κ1) is 27.6. The van der Waals surface area contributed by atoms with Crippen LogP contribution in [0.2, 0.25) is 0 Å². The van der Waals surface area contributed by atoms with E-state index in [0.29, 0.717) is 0 Å². The quantitative estimate of drug-likeness (QED) is 0.124. The first-order valence-electron chi connectivity index (χ1n) is 12.8. The van der Waals surface area contributed by atoms with Gasteiger partial charge in [-0.1, -0.05) is 83.3 Å². The van der Waals surface area contributed by atoms with E-state index in [2.05, 4.69) is 24.1 Å². The normalized spacial score (nSPS) is 19.3. The molecule has 2 unspecified atom stereocenters. The molecule has 0 radical (unpaired) electrons. The van der Waals surface area contributed by atoms with Crippen molar-refractivity contribution >= 4 is 11.8 Å². The minimum atomic E-state index is -0.840. The van der Waals surface area contributed by atoms with E-state index < -0.39 is 5.97 Å². The number of hydrogen-bond donors (Lipinski definition) is 2. The molecular formula is C26H48N3O2+. The first-order chi connectivity index (χ1) is 15.0. The highest BCUT2D eigenvalue weighted by Crippen LogP contribution is 2.23. The van der Waals surface area contributed by atoms with Gasteiger partial charge in [-0.2, -0.15) is 0 Å². The standard InChI is InChI=1S/C26H47N3O2/c1-3-4-5-6-7-8-9-10-11-12-13-14-15-16-17-18-19-20-25-28-21-22-29(25,24(2)27)23-26(30)31/h11-12,21-22,24H,3-10,13-20,23,27H2,1-2H3/p+1/b12-11+. The molecule has 0 aliphatic carbocycles. The van der Waals surface area contributed by atoms with Gasteiger partial charge in [0.25, 0.3) is 0 Å². The van der Waals surface area contributed by atoms with E-state index in [-0.39, 0.29) is 17.2 Å². The molecule has 1 aliphatic rings. The fourth-order valence-electron chi connectivity index (χ4n) is 4.29. The topological polar surface area (TPSA) is 75.7 Å². The van der Waals surface area contributed by atoms with Crippen LogP contribution in [-0.2, 0) is 4.79 Å². The summed E-state index contributed by atoms with van der Waals surface area (Å²) in [6, 6.07) is 0. The lowest BCUT2D eigenvalue weighted by atomic mass is 10.1. The van der Waals surface area contributed by atoms with Crippen molar-refractivity contribution in [1.82, 2.24) is 0 Å². The maximum Gasteiger partial charge on any atom is 0.360 e. The van der Waals surface area contributed by atoms with Crippen LogP contribution in [-0.4, -0.2) is 34.1 Å². The molecule has 0 aromatic carbocycles. The van der Waals surface area contributed by atoms with Gasteiger partial charge in [0.05, 0.1) is 6.20 Å². The molecule has 1 aliphatic heterocycles. The van der Waals surface area contributed by atoms with Crippen molar-refractivity contribution in [3.05, 3.63) is 24.6 Å². The Kier molecular flexibility index (Phi) is 15.2. The lowest BCUT2D eigenvalue weighted by molar-refractivity contribution is -0.805. The predicted molar refractivity (Wildman–Crippen MR) is 132 cm³/mol. The number of carbonyl (C=O) groups is 1. The number of nitrogens with two attached hydrogens (primary N) is 1. The summed E-state index contributed by atoms with van der Waals surface area (Å²) in [4.78, 5) is 15.7. The van der Waals surface area contributed by atoms with Crippen molar-refractivity contribution in [2.24, 2.45) is 10.7 Å². The Hall–Kier alpha value is -1.46. The summed E-state index contributed by atoms with van der Waals surface area (Å²) in [6.45, 7) is 4.10. The van der Waals surface area contributed by atoms with Crippen molar-refractivity contribution in [2.45, 2.75) is 123 Å². The van der Waals surface area contributed by atoms with Crippen molar-refractivity contribution in [1.29, 1.82) is 0 Å². The third-order valence-corrected chi connectivity index (χ3v) is 6.32. The maximum atomic E-state index is 11.3. The summed E-state index contributed by atoms with van der Waals surface area (Å²) < 4.78 is 0.167. The molecule has 0 amide bonds. The highest BCUT2D eigenvalue weighted by atomic mass is 16.4. The Morgan fingerprint density at radius 1 is 0.968 bits per heavy atom. The van der Waals surface area contributed by atoms with Crippen LogP contribution in [0, 0.1) is 0 Å². The average Bonchev–Trinajstić information content (AvgIpc) is 3.13. The molecule has 31 heavy (non-hydrogen) atoms. The Bertz CT molecular complexity index is 569. The molecule has 0 saturated heterocycles. The number of carboxylic acid groups (broad SMARTS) is 1. The molecule has 0 fully saturated rings. The van der Waals surface area contributed by atoms with Gasteiger partial charge in [0.15, 0.2) is 6.54 Å². The second kappa shape index (κ2) is 17.1. The van der Waals surface area contributed by atoms with Gasteiger partial charge >= 0.3 is 5.97 Å². The van der Waals surface area contributed by atoms with E-state index >= 15 is 0 Å². The van der Waals surface area contributed by atoms with Gasteiger partial charge in [0, 0.05) is 13.3 Å². The summed E-state index contributed by atoms with van der Waals surface area (Å²) in [5.41, 5.74) is 6.11. The van der Waals surface area contributed by atoms with E-state index in [1.807, 2.05) is 13.1 Å². The lowest BCUT2D eigenvalue weighted by Gasteiger charge is -2.34. The zero-order valence-corrected chi connectivity index (χ0v) is 20.2. The van der Waals surface area contributed by atoms with Crippen LogP contribution < -0.4 is 5.73 Å². The summed E-state index contributed by atoms with van der Waals surface area (Å²) in [6.07, 6.45) is 28.3. The monoisotopic (exact) mass is 434 g/mol. The second-order valence-corrected chi connectivity index (χ2v) is 9.11. The first-order valence-corrected chi connectivity index (χ1v) is 12.8. The number of aliphatic carboxylic acids is 1. The molecule has 1 rings (SSSR count). The molecule has 178 valence electrons. The number of carboxylic acids is 1. The largest absolute Gasteiger partial charge is 0.477 e. The second-order valence-electron chi connectivity index (χ2n) is 9.11. The van der Waals surface area contributed by atoms with Crippen LogP contribution in [0.4, 0.5) is 0 Å². The SMILES string of the molecule is CCCCCCCCC/C=C/CCCCCCCCC1=NC=C[N+]1(CC(=O)O)C(C)N. The summed E-state index contributed by atoms with van der Waals surface area (Å²) in [5, 5.41) is 9.26. The smallest absolute Gasteiger partial charge is 0.360 e. The van der Waals surface area contributed by atoms with Crippen LogP contribution in [0.15, 0.2) is 29.5 Å². The number of hydrogen-bond acceptors (Lipinski definition) is 3. The molecule has 0 saturated carbocycles. The predicted octanol–water partition coefficient (Wildman–Crippen LogP) is 6.89. The molecule has 0 bridgehead atoms. The van der Waals surface area contributed by atoms with E-state index in [0.717, 1.165) is 18.7 Å². The molecule has 2 atom stereocenters. The zero-order valence-electron chi connectivity index (χ0n) is 20.2. The Labute approximate surface area is 191 Å². The Morgan fingerprint density at radius 3 is 2.00 bits per heavy atom. The van der Waals surface area contributed by atoms with E-state index in [4.69, 9.17) is 5.73 Å². The molecule has 5 heteroatoms. The fraction of sp³-hybridized carbons (Fsp3) is 0.769. The van der Waals surface area contributed by atoms with Crippen molar-refractivity contribution in [3.63, 3.8) is 0 Å². The highest BCUT2D eigenvalue weighted by Gasteiger charge is 2.40. The highest BCUT2D eigenvalue weighted by molar-refractivity contribution is 5.81. The number of amidine groups is 1. The van der Waals surface area contributed by atoms with Crippen LogP contribution in [0.1, 0.15) is 117 Å². The van der Waals surface area contributed by atoms with Gasteiger partial charge in [0.1, 0.15) is 12.4 Å². The zero-order chi connectivity index (χ0) is 22.8. The number of aliphatic imine (C=N–C) groups is 1. The third-order valence-electron chi connectivity index (χ3n) is 6.32. The number of rotatable bonds is 20. The van der Waals surface area contributed by atoms with E-state index in [1.54, 1.807) is 6.20 Å². The average molecular weight is 435 g/mol. The van der Waals surface area contributed by atoms with Crippen molar-refractivity contribution < 1.29 is 14.4 Å². The van der Waals surface area contributed by atoms with E-state index in [1.165, 1.54) is 89.9 Å². The number of unbranched alkanes of at least 4 members (excludes halogenated alkanes) is 13. The lowest BCUT2D eigenvalue weighted by Crippen LogP contribution is -2.59. The van der Waals surface area contributed by atoms with Crippen molar-refractivity contribution in [2.75, 3.05) is 6.54 Å². The van der Waals surface area contributed by atoms with Gasteiger partial charge in [-0.05, 0) is 32.1 Å². The van der Waals surface area contributed by atoms with Gasteiger partial charge < -0.3 is 5.11 Å². The van der Waals surface area contributed by atoms with Gasteiger partial charge in [0.2, 0.25) is 5.84 Å². The van der Waals surface area contributed by atoms with Crippen LogP contribution >= 0.6 is 0 Å². The van der Waals surface area contributed by atoms with Gasteiger partial charge in [-0.3, -0.25) is 5.73 Å². The van der Waals surface area contributed by atoms with Crippen LogP contribution in [0.25, 0.3) is 0 Å².